The third-order valence-corrected chi connectivity index (χ3v) is 5.37. The topological polar surface area (TPSA) is 70.7 Å². The summed E-state index contributed by atoms with van der Waals surface area (Å²) in [5.74, 6) is -1.58. The predicted molar refractivity (Wildman–Crippen MR) is 101 cm³/mol. The van der Waals surface area contributed by atoms with Crippen LogP contribution in [0.2, 0.25) is 0 Å². The fraction of sp³-hybridized carbons (Fsp3) is 0.333. The molecule has 6 nitrogen and oxygen atoms in total. The minimum atomic E-state index is -0.779. The van der Waals surface area contributed by atoms with Gasteiger partial charge in [-0.3, -0.25) is 4.79 Å². The minimum Gasteiger partial charge on any atom is -0.488 e. The van der Waals surface area contributed by atoms with E-state index in [0.29, 0.717) is 12.8 Å². The highest BCUT2D eigenvalue weighted by Crippen LogP contribution is 2.31. The summed E-state index contributed by atoms with van der Waals surface area (Å²) < 4.78 is 32.9. The van der Waals surface area contributed by atoms with Crippen LogP contribution in [0.5, 0.6) is 5.75 Å². The Kier molecular flexibility index (Phi) is 5.08. The Morgan fingerprint density at radius 1 is 1.24 bits per heavy atom. The van der Waals surface area contributed by atoms with Crippen molar-refractivity contribution in [1.82, 2.24) is 15.5 Å². The van der Waals surface area contributed by atoms with Crippen LogP contribution in [0.1, 0.15) is 24.0 Å². The molecule has 2 aliphatic heterocycles. The van der Waals surface area contributed by atoms with E-state index in [4.69, 9.17) is 4.74 Å². The van der Waals surface area contributed by atoms with E-state index in [9.17, 15) is 18.4 Å². The van der Waals surface area contributed by atoms with Crippen molar-refractivity contribution in [3.05, 3.63) is 65.2 Å². The number of fused-ring (bicyclic) bond motifs is 1. The number of halogens is 2. The zero-order valence-electron chi connectivity index (χ0n) is 15.7. The molecule has 0 radical (unpaired) electrons. The standard InChI is InChI=1S/C21H21F2N3O3/c22-16-10-14-12-26(8-9-29-19(14)17(23)11-16)20(28)24-13-21(7-6-18(27)25-21)15-4-2-1-3-5-15/h1-5,10-11H,6-9,12-13H2,(H,24,28)(H,25,27). The molecule has 2 N–H and O–H groups in total. The second-order valence-corrected chi connectivity index (χ2v) is 7.30. The van der Waals surface area contributed by atoms with Gasteiger partial charge in [-0.05, 0) is 18.1 Å². The molecule has 0 aliphatic carbocycles. The van der Waals surface area contributed by atoms with Crippen molar-refractivity contribution in [2.45, 2.75) is 24.9 Å². The number of ether oxygens (including phenoxy) is 1. The molecular formula is C21H21F2N3O3. The van der Waals surface area contributed by atoms with Crippen molar-refractivity contribution in [3.8, 4) is 5.75 Å². The lowest BCUT2D eigenvalue weighted by molar-refractivity contribution is -0.119. The second-order valence-electron chi connectivity index (χ2n) is 7.30. The fourth-order valence-electron chi connectivity index (χ4n) is 3.87. The number of carbonyl (C=O) groups is 2. The monoisotopic (exact) mass is 401 g/mol. The highest BCUT2D eigenvalue weighted by Gasteiger charge is 2.39. The average molecular weight is 401 g/mol. The number of hydrogen-bond acceptors (Lipinski definition) is 3. The van der Waals surface area contributed by atoms with Crippen LogP contribution in [-0.4, -0.2) is 36.5 Å². The minimum absolute atomic E-state index is 0.0227. The number of amides is 3. The molecule has 1 saturated heterocycles. The van der Waals surface area contributed by atoms with Crippen molar-refractivity contribution in [1.29, 1.82) is 0 Å². The molecule has 0 bridgehead atoms. The summed E-state index contributed by atoms with van der Waals surface area (Å²) in [6.07, 6.45) is 0.951. The molecule has 2 aliphatic rings. The smallest absolute Gasteiger partial charge is 0.317 e. The highest BCUT2D eigenvalue weighted by molar-refractivity contribution is 5.80. The lowest BCUT2D eigenvalue weighted by Gasteiger charge is -2.31. The first-order valence-electron chi connectivity index (χ1n) is 9.47. The molecule has 0 aromatic heterocycles. The molecule has 2 aromatic carbocycles. The molecule has 0 spiro atoms. The summed E-state index contributed by atoms with van der Waals surface area (Å²) >= 11 is 0. The first kappa shape index (κ1) is 19.2. The Labute approximate surface area is 166 Å². The summed E-state index contributed by atoms with van der Waals surface area (Å²) in [5.41, 5.74) is 0.522. The van der Waals surface area contributed by atoms with Gasteiger partial charge in [-0.25, -0.2) is 13.6 Å². The van der Waals surface area contributed by atoms with Crippen LogP contribution in [0.15, 0.2) is 42.5 Å². The molecular weight excluding hydrogens is 380 g/mol. The quantitative estimate of drug-likeness (QED) is 0.831. The third kappa shape index (κ3) is 3.87. The number of nitrogens with one attached hydrogen (secondary N) is 2. The van der Waals surface area contributed by atoms with Crippen LogP contribution in [0.4, 0.5) is 13.6 Å². The molecule has 3 amide bonds. The van der Waals surface area contributed by atoms with Gasteiger partial charge in [0.25, 0.3) is 0 Å². The Morgan fingerprint density at radius 2 is 2.03 bits per heavy atom. The summed E-state index contributed by atoms with van der Waals surface area (Å²) in [6.45, 7) is 0.569. The Morgan fingerprint density at radius 3 is 2.76 bits per heavy atom. The van der Waals surface area contributed by atoms with Gasteiger partial charge >= 0.3 is 6.03 Å². The maximum Gasteiger partial charge on any atom is 0.317 e. The van der Waals surface area contributed by atoms with Gasteiger partial charge in [0, 0.05) is 24.6 Å². The second kappa shape index (κ2) is 7.69. The van der Waals surface area contributed by atoms with E-state index in [-0.39, 0.29) is 49.5 Å². The van der Waals surface area contributed by atoms with Gasteiger partial charge in [0.1, 0.15) is 12.4 Å². The molecule has 152 valence electrons. The molecule has 4 rings (SSSR count). The van der Waals surface area contributed by atoms with Gasteiger partial charge in [-0.2, -0.15) is 0 Å². The first-order chi connectivity index (χ1) is 14.0. The van der Waals surface area contributed by atoms with Crippen LogP contribution in [0.3, 0.4) is 0 Å². The van der Waals surface area contributed by atoms with Crippen LogP contribution >= 0.6 is 0 Å². The van der Waals surface area contributed by atoms with E-state index in [1.807, 2.05) is 30.3 Å². The van der Waals surface area contributed by atoms with Gasteiger partial charge in [0.2, 0.25) is 5.91 Å². The Bertz CT molecular complexity index is 938. The zero-order valence-corrected chi connectivity index (χ0v) is 15.7. The van der Waals surface area contributed by atoms with Gasteiger partial charge in [0.05, 0.1) is 18.6 Å². The van der Waals surface area contributed by atoms with E-state index < -0.39 is 17.2 Å². The van der Waals surface area contributed by atoms with Gasteiger partial charge in [-0.15, -0.1) is 0 Å². The molecule has 1 atom stereocenters. The number of benzene rings is 2. The zero-order chi connectivity index (χ0) is 20.4. The lowest BCUT2D eigenvalue weighted by atomic mass is 9.88. The summed E-state index contributed by atoms with van der Waals surface area (Å²) in [6, 6.07) is 11.0. The van der Waals surface area contributed by atoms with Crippen LogP contribution in [-0.2, 0) is 16.9 Å². The van der Waals surface area contributed by atoms with Crippen molar-refractivity contribution in [3.63, 3.8) is 0 Å². The van der Waals surface area contributed by atoms with Crippen molar-refractivity contribution in [2.75, 3.05) is 19.7 Å². The highest BCUT2D eigenvalue weighted by atomic mass is 19.1. The number of nitrogens with zero attached hydrogens (tertiary/aromatic N) is 1. The summed E-state index contributed by atoms with van der Waals surface area (Å²) in [4.78, 5) is 26.1. The van der Waals surface area contributed by atoms with E-state index in [2.05, 4.69) is 10.6 Å². The maximum atomic E-state index is 13.9. The molecule has 2 heterocycles. The Hall–Kier alpha value is -3.16. The molecule has 8 heteroatoms. The predicted octanol–water partition coefficient (Wildman–Crippen LogP) is 2.67. The largest absolute Gasteiger partial charge is 0.488 e. The normalized spacial score (nSPS) is 21.0. The SMILES string of the molecule is O=C1CCC(CNC(=O)N2CCOc3c(F)cc(F)cc3C2)(c2ccccc2)N1. The fourth-order valence-corrected chi connectivity index (χ4v) is 3.87. The average Bonchev–Trinajstić information content (AvgIpc) is 2.96. The van der Waals surface area contributed by atoms with E-state index in [0.717, 1.165) is 11.6 Å². The molecule has 1 unspecified atom stereocenters. The van der Waals surface area contributed by atoms with Crippen molar-refractivity contribution in [2.24, 2.45) is 0 Å². The number of hydrogen-bond donors (Lipinski definition) is 2. The van der Waals surface area contributed by atoms with Crippen molar-refractivity contribution >= 4 is 11.9 Å². The van der Waals surface area contributed by atoms with E-state index >= 15 is 0 Å². The van der Waals surface area contributed by atoms with Gasteiger partial charge in [0.15, 0.2) is 11.6 Å². The first-order valence-corrected chi connectivity index (χ1v) is 9.47. The number of rotatable bonds is 3. The van der Waals surface area contributed by atoms with Crippen LogP contribution < -0.4 is 15.4 Å². The molecule has 0 saturated carbocycles. The summed E-state index contributed by atoms with van der Waals surface area (Å²) in [7, 11) is 0. The maximum absolute atomic E-state index is 13.9. The molecule has 1 fully saturated rings. The van der Waals surface area contributed by atoms with Crippen LogP contribution in [0, 0.1) is 11.6 Å². The lowest BCUT2D eigenvalue weighted by Crippen LogP contribution is -2.51. The molecule has 29 heavy (non-hydrogen) atoms. The van der Waals surface area contributed by atoms with Gasteiger partial charge in [-0.1, -0.05) is 30.3 Å². The van der Waals surface area contributed by atoms with E-state index in [1.165, 1.54) is 11.0 Å². The third-order valence-electron chi connectivity index (χ3n) is 5.37. The van der Waals surface area contributed by atoms with Crippen LogP contribution in [0.25, 0.3) is 0 Å². The van der Waals surface area contributed by atoms with E-state index in [1.54, 1.807) is 0 Å². The number of urea groups is 1. The summed E-state index contributed by atoms with van der Waals surface area (Å²) in [5, 5.41) is 5.86. The van der Waals surface area contributed by atoms with Crippen molar-refractivity contribution < 1.29 is 23.1 Å². The molecule has 2 aromatic rings. The number of carbonyl (C=O) groups excluding carboxylic acids is 2. The van der Waals surface area contributed by atoms with Gasteiger partial charge < -0.3 is 20.3 Å². The Balaban J connectivity index is 1.49.